The van der Waals surface area contributed by atoms with Crippen LogP contribution in [0, 0.1) is 6.92 Å². The quantitative estimate of drug-likeness (QED) is 0.816. The van der Waals surface area contributed by atoms with Gasteiger partial charge < -0.3 is 9.42 Å². The van der Waals surface area contributed by atoms with Crippen molar-refractivity contribution < 1.29 is 9.32 Å². The number of nitrogens with zero attached hydrogens (tertiary/aromatic N) is 4. The molecule has 0 aliphatic carbocycles. The second kappa shape index (κ2) is 6.83. The first-order chi connectivity index (χ1) is 9.63. The molecular weight excluding hydrogens is 256 g/mol. The minimum atomic E-state index is 0.226. The Morgan fingerprint density at radius 3 is 2.50 bits per heavy atom. The topological polar surface area (TPSA) is 62.5 Å². The number of hydrogen-bond donors (Lipinski definition) is 0. The third-order valence-electron chi connectivity index (χ3n) is 3.97. The molecule has 0 atom stereocenters. The van der Waals surface area contributed by atoms with Gasteiger partial charge >= 0.3 is 0 Å². The fourth-order valence-corrected chi connectivity index (χ4v) is 2.70. The largest absolute Gasteiger partial charge is 0.342 e. The fraction of sp³-hybridized carbons (Fsp3) is 0.786. The molecule has 0 saturated carbocycles. The molecule has 1 fully saturated rings. The van der Waals surface area contributed by atoms with Crippen LogP contribution in [0.5, 0.6) is 0 Å². The van der Waals surface area contributed by atoms with E-state index in [2.05, 4.69) is 15.0 Å². The van der Waals surface area contributed by atoms with Crippen LogP contribution in [0.4, 0.5) is 0 Å². The van der Waals surface area contributed by atoms with Gasteiger partial charge in [0.15, 0.2) is 5.82 Å². The van der Waals surface area contributed by atoms with Gasteiger partial charge in [0.2, 0.25) is 11.8 Å². The number of likely N-dealkylation sites (N-methyl/N-ethyl adjacent to an activating group) is 1. The third kappa shape index (κ3) is 3.56. The fourth-order valence-electron chi connectivity index (χ4n) is 2.70. The highest BCUT2D eigenvalue weighted by Crippen LogP contribution is 2.25. The number of piperidine rings is 1. The van der Waals surface area contributed by atoms with E-state index in [1.807, 2.05) is 25.7 Å². The van der Waals surface area contributed by atoms with E-state index in [-0.39, 0.29) is 5.91 Å². The third-order valence-corrected chi connectivity index (χ3v) is 3.97. The van der Waals surface area contributed by atoms with E-state index in [9.17, 15) is 4.79 Å². The maximum atomic E-state index is 12.1. The molecule has 1 aromatic heterocycles. The molecule has 0 spiro atoms. The molecule has 0 aromatic carbocycles. The van der Waals surface area contributed by atoms with Crippen molar-refractivity contribution in [2.24, 2.45) is 0 Å². The molecule has 0 bridgehead atoms. The van der Waals surface area contributed by atoms with Crippen LogP contribution in [-0.4, -0.2) is 58.6 Å². The van der Waals surface area contributed by atoms with Gasteiger partial charge in [-0.05, 0) is 39.8 Å². The summed E-state index contributed by atoms with van der Waals surface area (Å²) in [6, 6.07) is 0. The molecule has 0 unspecified atom stereocenters. The first-order valence-electron chi connectivity index (χ1n) is 7.44. The van der Waals surface area contributed by atoms with Crippen LogP contribution in [0.3, 0.4) is 0 Å². The van der Waals surface area contributed by atoms with Crippen LogP contribution in [0.2, 0.25) is 0 Å². The molecule has 1 aliphatic rings. The van der Waals surface area contributed by atoms with Gasteiger partial charge in [0.05, 0.1) is 6.54 Å². The first kappa shape index (κ1) is 15.0. The van der Waals surface area contributed by atoms with Gasteiger partial charge in [0.1, 0.15) is 0 Å². The molecule has 1 aromatic rings. The average molecular weight is 280 g/mol. The Bertz CT molecular complexity index is 434. The number of aromatic nitrogens is 2. The van der Waals surface area contributed by atoms with Crippen molar-refractivity contribution >= 4 is 5.91 Å². The van der Waals surface area contributed by atoms with Gasteiger partial charge in [0.25, 0.3) is 0 Å². The molecule has 1 amide bonds. The number of amides is 1. The second-order valence-electron chi connectivity index (χ2n) is 5.29. The lowest BCUT2D eigenvalue weighted by molar-refractivity contribution is -0.132. The summed E-state index contributed by atoms with van der Waals surface area (Å²) in [6.07, 6.45) is 1.98. The molecule has 1 aliphatic heterocycles. The predicted octanol–water partition coefficient (Wildman–Crippen LogP) is 1.43. The van der Waals surface area contributed by atoms with E-state index in [1.54, 1.807) is 0 Å². The molecule has 6 nitrogen and oxygen atoms in total. The predicted molar refractivity (Wildman–Crippen MR) is 75.4 cm³/mol. The number of likely N-dealkylation sites (tertiary alicyclic amines) is 1. The molecule has 112 valence electrons. The standard InChI is InChI=1S/C14H24N4O2/c1-4-18(5-2)13(19)10-17-8-6-12(7-9-17)14-15-11(3)20-16-14/h12H,4-10H2,1-3H3. The van der Waals surface area contributed by atoms with Crippen LogP contribution in [0.25, 0.3) is 0 Å². The Morgan fingerprint density at radius 2 is 2.00 bits per heavy atom. The molecule has 2 heterocycles. The second-order valence-corrected chi connectivity index (χ2v) is 5.29. The number of hydrogen-bond acceptors (Lipinski definition) is 5. The van der Waals surface area contributed by atoms with E-state index >= 15 is 0 Å². The van der Waals surface area contributed by atoms with Crippen molar-refractivity contribution in [3.8, 4) is 0 Å². The minimum Gasteiger partial charge on any atom is -0.342 e. The summed E-state index contributed by atoms with van der Waals surface area (Å²) in [6.45, 7) is 9.80. The zero-order valence-electron chi connectivity index (χ0n) is 12.6. The lowest BCUT2D eigenvalue weighted by atomic mass is 9.96. The smallest absolute Gasteiger partial charge is 0.236 e. The summed E-state index contributed by atoms with van der Waals surface area (Å²) < 4.78 is 5.03. The Hall–Kier alpha value is -1.43. The zero-order valence-corrected chi connectivity index (χ0v) is 12.6. The molecule has 0 radical (unpaired) electrons. The van der Waals surface area contributed by atoms with Gasteiger partial charge in [-0.3, -0.25) is 9.69 Å². The normalized spacial score (nSPS) is 17.4. The minimum absolute atomic E-state index is 0.226. The molecule has 0 N–H and O–H groups in total. The molecule has 1 saturated heterocycles. The van der Waals surface area contributed by atoms with Gasteiger partial charge in [-0.25, -0.2) is 0 Å². The van der Waals surface area contributed by atoms with E-state index in [4.69, 9.17) is 4.52 Å². The number of carbonyl (C=O) groups excluding carboxylic acids is 1. The van der Waals surface area contributed by atoms with Crippen LogP contribution < -0.4 is 0 Å². The molecule has 6 heteroatoms. The number of aryl methyl sites for hydroxylation is 1. The Balaban J connectivity index is 1.81. The van der Waals surface area contributed by atoms with Crippen molar-refractivity contribution in [1.29, 1.82) is 0 Å². The summed E-state index contributed by atoms with van der Waals surface area (Å²) in [5.74, 6) is 2.03. The van der Waals surface area contributed by atoms with E-state index < -0.39 is 0 Å². The van der Waals surface area contributed by atoms with Crippen molar-refractivity contribution in [2.75, 3.05) is 32.7 Å². The number of rotatable bonds is 5. The first-order valence-corrected chi connectivity index (χ1v) is 7.44. The molecule has 2 rings (SSSR count). The van der Waals surface area contributed by atoms with Gasteiger partial charge in [-0.2, -0.15) is 4.98 Å². The summed E-state index contributed by atoms with van der Waals surface area (Å²) in [4.78, 5) is 20.5. The van der Waals surface area contributed by atoms with Crippen molar-refractivity contribution in [1.82, 2.24) is 19.9 Å². The molecule has 20 heavy (non-hydrogen) atoms. The van der Waals surface area contributed by atoms with Crippen LogP contribution >= 0.6 is 0 Å². The maximum absolute atomic E-state index is 12.1. The SMILES string of the molecule is CCN(CC)C(=O)CN1CCC(c2noc(C)n2)CC1. The highest BCUT2D eigenvalue weighted by atomic mass is 16.5. The van der Waals surface area contributed by atoms with E-state index in [0.717, 1.165) is 44.8 Å². The lowest BCUT2D eigenvalue weighted by Gasteiger charge is -2.31. The Kier molecular flexibility index (Phi) is 5.11. The van der Waals surface area contributed by atoms with E-state index in [0.29, 0.717) is 18.4 Å². The highest BCUT2D eigenvalue weighted by Gasteiger charge is 2.25. The van der Waals surface area contributed by atoms with Crippen molar-refractivity contribution in [2.45, 2.75) is 39.5 Å². The molecular formula is C14H24N4O2. The summed E-state index contributed by atoms with van der Waals surface area (Å²) in [5, 5.41) is 4.00. The number of carbonyl (C=O) groups is 1. The Labute approximate surface area is 120 Å². The van der Waals surface area contributed by atoms with Crippen LogP contribution in [0.15, 0.2) is 4.52 Å². The van der Waals surface area contributed by atoms with E-state index in [1.165, 1.54) is 0 Å². The summed E-state index contributed by atoms with van der Waals surface area (Å²) in [7, 11) is 0. The van der Waals surface area contributed by atoms with Crippen LogP contribution in [-0.2, 0) is 4.79 Å². The maximum Gasteiger partial charge on any atom is 0.236 e. The van der Waals surface area contributed by atoms with Crippen molar-refractivity contribution in [3.63, 3.8) is 0 Å². The van der Waals surface area contributed by atoms with Gasteiger partial charge in [-0.15, -0.1) is 0 Å². The summed E-state index contributed by atoms with van der Waals surface area (Å²) >= 11 is 0. The average Bonchev–Trinajstić information content (AvgIpc) is 2.87. The van der Waals surface area contributed by atoms with Crippen molar-refractivity contribution in [3.05, 3.63) is 11.7 Å². The lowest BCUT2D eigenvalue weighted by Crippen LogP contribution is -2.43. The zero-order chi connectivity index (χ0) is 14.5. The monoisotopic (exact) mass is 280 g/mol. The summed E-state index contributed by atoms with van der Waals surface area (Å²) in [5.41, 5.74) is 0. The van der Waals surface area contributed by atoms with Gasteiger partial charge in [0, 0.05) is 25.9 Å². The highest BCUT2D eigenvalue weighted by molar-refractivity contribution is 5.78. The Morgan fingerprint density at radius 1 is 1.35 bits per heavy atom. The van der Waals surface area contributed by atoms with Crippen LogP contribution in [0.1, 0.15) is 44.3 Å². The van der Waals surface area contributed by atoms with Gasteiger partial charge in [-0.1, -0.05) is 5.16 Å².